The van der Waals surface area contributed by atoms with Gasteiger partial charge in [-0.15, -0.1) is 0 Å². The number of nitrogens with zero attached hydrogens (tertiary/aromatic N) is 2. The van der Waals surface area contributed by atoms with Gasteiger partial charge in [0.25, 0.3) is 0 Å². The van der Waals surface area contributed by atoms with E-state index in [2.05, 4.69) is 10.2 Å². The summed E-state index contributed by atoms with van der Waals surface area (Å²) in [6.45, 7) is 0. The van der Waals surface area contributed by atoms with Gasteiger partial charge in [0.15, 0.2) is 11.6 Å². The molecule has 0 aromatic heterocycles. The van der Waals surface area contributed by atoms with Crippen molar-refractivity contribution in [2.45, 2.75) is 5.92 Å². The molecule has 4 aromatic carbocycles. The Bertz CT molecular complexity index is 1420. The number of fused-ring (bicyclic) bond motifs is 1. The van der Waals surface area contributed by atoms with Crippen molar-refractivity contribution in [2.24, 2.45) is 16.1 Å². The molecule has 174 valence electrons. The lowest BCUT2D eigenvalue weighted by atomic mass is 9.80. The third kappa shape index (κ3) is 4.75. The molecule has 4 aromatic rings. The Morgan fingerprint density at radius 3 is 1.83 bits per heavy atom. The fourth-order valence-electron chi connectivity index (χ4n) is 4.56. The molecule has 0 radical (unpaired) electrons. The molecule has 36 heavy (non-hydrogen) atoms. The van der Waals surface area contributed by atoms with Crippen molar-refractivity contribution in [3.8, 4) is 0 Å². The second kappa shape index (κ2) is 10.7. The monoisotopic (exact) mass is 468 g/mol. The van der Waals surface area contributed by atoms with Crippen molar-refractivity contribution in [3.63, 3.8) is 0 Å². The van der Waals surface area contributed by atoms with Gasteiger partial charge in [-0.05, 0) is 22.8 Å². The fourth-order valence-corrected chi connectivity index (χ4v) is 4.56. The number of rotatable bonds is 7. The third-order valence-electron chi connectivity index (χ3n) is 6.25. The molecule has 0 saturated carbocycles. The van der Waals surface area contributed by atoms with Gasteiger partial charge >= 0.3 is 0 Å². The quantitative estimate of drug-likeness (QED) is 0.179. The number of hydrogen-bond acceptors (Lipinski definition) is 4. The van der Waals surface area contributed by atoms with Gasteiger partial charge in [-0.3, -0.25) is 9.59 Å². The predicted molar refractivity (Wildman–Crippen MR) is 145 cm³/mol. The number of hydrogen-bond donors (Lipinski definition) is 0. The van der Waals surface area contributed by atoms with Gasteiger partial charge in [0.1, 0.15) is 5.92 Å². The van der Waals surface area contributed by atoms with Crippen LogP contribution in [-0.2, 0) is 4.79 Å². The van der Waals surface area contributed by atoms with E-state index in [9.17, 15) is 9.59 Å². The topological polar surface area (TPSA) is 58.9 Å². The van der Waals surface area contributed by atoms with E-state index in [-0.39, 0.29) is 11.6 Å². The van der Waals surface area contributed by atoms with Crippen LogP contribution in [0.3, 0.4) is 0 Å². The third-order valence-corrected chi connectivity index (χ3v) is 6.25. The summed E-state index contributed by atoms with van der Waals surface area (Å²) in [7, 11) is 0. The summed E-state index contributed by atoms with van der Waals surface area (Å²) >= 11 is 0. The van der Waals surface area contributed by atoms with E-state index in [0.29, 0.717) is 16.8 Å². The van der Waals surface area contributed by atoms with E-state index in [4.69, 9.17) is 0 Å². The minimum absolute atomic E-state index is 0.206. The van der Waals surface area contributed by atoms with Gasteiger partial charge in [-0.2, -0.15) is 10.2 Å². The second-order valence-corrected chi connectivity index (χ2v) is 8.52. The average molecular weight is 469 g/mol. The molecule has 0 amide bonds. The van der Waals surface area contributed by atoms with E-state index >= 15 is 0 Å². The molecule has 0 unspecified atom stereocenters. The molecule has 0 aliphatic heterocycles. The lowest BCUT2D eigenvalue weighted by Crippen LogP contribution is -2.31. The van der Waals surface area contributed by atoms with Crippen molar-refractivity contribution in [3.05, 3.63) is 149 Å². The Kier molecular flexibility index (Phi) is 6.86. The molecule has 0 spiro atoms. The maximum atomic E-state index is 14.1. The first-order valence-electron chi connectivity index (χ1n) is 11.8. The van der Waals surface area contributed by atoms with Crippen molar-refractivity contribution in [1.29, 1.82) is 0 Å². The van der Waals surface area contributed by atoms with Crippen LogP contribution in [0, 0.1) is 5.92 Å². The molecule has 1 aliphatic carbocycles. The number of carbonyl (C=O) groups is 2. The van der Waals surface area contributed by atoms with Crippen LogP contribution in [-0.4, -0.2) is 23.5 Å². The Morgan fingerprint density at radius 2 is 1.22 bits per heavy atom. The van der Waals surface area contributed by atoms with Crippen LogP contribution in [0.1, 0.15) is 38.5 Å². The smallest absolute Gasteiger partial charge is 0.180 e. The fraction of sp³-hybridized carbons (Fsp3) is 0.0625. The van der Waals surface area contributed by atoms with Crippen LogP contribution in [0.25, 0.3) is 6.08 Å². The van der Waals surface area contributed by atoms with Gasteiger partial charge in [0.05, 0.1) is 11.6 Å². The molecule has 0 bridgehead atoms. The standard InChI is InChI=1S/C32H24N2O2/c35-31-27-21-11-10-20-26(27)30(34-33-22-12-15-23-13-4-1-5-14-23)29(31)32(36)28(24-16-6-2-7-17-24)25-18-8-3-9-19-25/h1-22,28-29H/b15-12+,33-22-,34-30-/t29-/m0/s1. The lowest BCUT2D eigenvalue weighted by Gasteiger charge is -2.20. The van der Waals surface area contributed by atoms with Gasteiger partial charge in [-0.1, -0.05) is 121 Å². The molecule has 1 atom stereocenters. The number of ketones is 2. The van der Waals surface area contributed by atoms with Crippen LogP contribution in [0.15, 0.2) is 132 Å². The van der Waals surface area contributed by atoms with E-state index in [1.807, 2.05) is 109 Å². The van der Waals surface area contributed by atoms with Gasteiger partial charge in [0.2, 0.25) is 0 Å². The zero-order valence-corrected chi connectivity index (χ0v) is 19.6. The zero-order chi connectivity index (χ0) is 24.7. The maximum absolute atomic E-state index is 14.1. The number of allylic oxidation sites excluding steroid dienone is 1. The highest BCUT2D eigenvalue weighted by Crippen LogP contribution is 2.35. The molecule has 0 fully saturated rings. The van der Waals surface area contributed by atoms with Crippen LogP contribution in [0.5, 0.6) is 0 Å². The second-order valence-electron chi connectivity index (χ2n) is 8.52. The Labute approximate surface area is 210 Å². The molecule has 0 N–H and O–H groups in total. The van der Waals surface area contributed by atoms with Crippen LogP contribution in [0.4, 0.5) is 0 Å². The maximum Gasteiger partial charge on any atom is 0.180 e. The van der Waals surface area contributed by atoms with Crippen molar-refractivity contribution >= 4 is 29.6 Å². The Hall–Kier alpha value is -4.70. The van der Waals surface area contributed by atoms with E-state index in [1.165, 1.54) is 0 Å². The molecule has 0 heterocycles. The predicted octanol–water partition coefficient (Wildman–Crippen LogP) is 6.39. The van der Waals surface area contributed by atoms with Gasteiger partial charge in [-0.25, -0.2) is 0 Å². The SMILES string of the molecule is O=C1c2ccccc2/C(=N/N=C\C=C\c2ccccc2)[C@@H]1C(=O)C(c1ccccc1)c1ccccc1. The molecule has 1 aliphatic rings. The summed E-state index contributed by atoms with van der Waals surface area (Å²) in [5.41, 5.74) is 4.27. The highest BCUT2D eigenvalue weighted by atomic mass is 16.2. The largest absolute Gasteiger partial charge is 0.297 e. The summed E-state index contributed by atoms with van der Waals surface area (Å²) in [4.78, 5) is 27.7. The number of Topliss-reactive ketones (excluding diaryl/α,β-unsaturated/α-hetero) is 2. The first kappa shape index (κ1) is 23.1. The van der Waals surface area contributed by atoms with Crippen LogP contribution in [0.2, 0.25) is 0 Å². The van der Waals surface area contributed by atoms with E-state index < -0.39 is 11.8 Å². The molecule has 4 nitrogen and oxygen atoms in total. The Balaban J connectivity index is 1.52. The first-order valence-corrected chi connectivity index (χ1v) is 11.8. The van der Waals surface area contributed by atoms with Crippen LogP contribution >= 0.6 is 0 Å². The molecular formula is C32H24N2O2. The van der Waals surface area contributed by atoms with E-state index in [1.54, 1.807) is 24.4 Å². The molecule has 5 rings (SSSR count). The average Bonchev–Trinajstić information content (AvgIpc) is 3.22. The summed E-state index contributed by atoms with van der Waals surface area (Å²) in [6.07, 6.45) is 5.27. The number of carbonyl (C=O) groups excluding carboxylic acids is 2. The van der Waals surface area contributed by atoms with Gasteiger partial charge in [0, 0.05) is 17.3 Å². The lowest BCUT2D eigenvalue weighted by molar-refractivity contribution is -0.120. The van der Waals surface area contributed by atoms with E-state index in [0.717, 1.165) is 16.7 Å². The van der Waals surface area contributed by atoms with Crippen molar-refractivity contribution in [2.75, 3.05) is 0 Å². The number of benzene rings is 4. The highest BCUT2D eigenvalue weighted by molar-refractivity contribution is 6.38. The van der Waals surface area contributed by atoms with Gasteiger partial charge < -0.3 is 0 Å². The molecular weight excluding hydrogens is 444 g/mol. The first-order chi connectivity index (χ1) is 17.7. The summed E-state index contributed by atoms with van der Waals surface area (Å²) in [5.74, 6) is -2.06. The van der Waals surface area contributed by atoms with Crippen molar-refractivity contribution in [1.82, 2.24) is 0 Å². The summed E-state index contributed by atoms with van der Waals surface area (Å²) in [6, 6.07) is 36.2. The molecule has 0 saturated heterocycles. The summed E-state index contributed by atoms with van der Waals surface area (Å²) in [5, 5.41) is 8.62. The normalized spacial score (nSPS) is 16.3. The summed E-state index contributed by atoms with van der Waals surface area (Å²) < 4.78 is 0. The minimum atomic E-state index is -1.02. The Morgan fingerprint density at radius 1 is 0.694 bits per heavy atom. The highest BCUT2D eigenvalue weighted by Gasteiger charge is 2.44. The molecule has 4 heteroatoms. The zero-order valence-electron chi connectivity index (χ0n) is 19.6. The van der Waals surface area contributed by atoms with Crippen LogP contribution < -0.4 is 0 Å². The van der Waals surface area contributed by atoms with Crippen molar-refractivity contribution < 1.29 is 9.59 Å². The minimum Gasteiger partial charge on any atom is -0.297 e.